The van der Waals surface area contributed by atoms with E-state index < -0.39 is 11.8 Å². The van der Waals surface area contributed by atoms with Crippen LogP contribution < -0.4 is 16.4 Å². The Morgan fingerprint density at radius 3 is 2.52 bits per heavy atom. The predicted octanol–water partition coefficient (Wildman–Crippen LogP) is 3.74. The summed E-state index contributed by atoms with van der Waals surface area (Å²) in [5.41, 5.74) is 7.73. The van der Waals surface area contributed by atoms with Crippen molar-refractivity contribution in [1.29, 1.82) is 0 Å². The summed E-state index contributed by atoms with van der Waals surface area (Å²) in [4.78, 5) is 41.4. The summed E-state index contributed by atoms with van der Waals surface area (Å²) in [5.74, 6) is -1.22. The number of rotatable bonds is 7. The van der Waals surface area contributed by atoms with Crippen molar-refractivity contribution >= 4 is 50.5 Å². The van der Waals surface area contributed by atoms with Gasteiger partial charge in [0.2, 0.25) is 5.91 Å². The van der Waals surface area contributed by atoms with Crippen LogP contribution in [-0.2, 0) is 11.2 Å². The van der Waals surface area contributed by atoms with Crippen molar-refractivity contribution in [2.45, 2.75) is 26.7 Å². The summed E-state index contributed by atoms with van der Waals surface area (Å²) >= 11 is 2.45. The standard InChI is InChI=1S/C20H20N4O3S2/c1-11-12(2)29-19(16(11)17(21)26)24-18(27)14-10-28-20(22-14)23-15(25)9-8-13-6-4-3-5-7-13/h3-7,10H,8-9H2,1-2H3,(H2,21,26)(H,24,27)(H,22,23,25). The van der Waals surface area contributed by atoms with E-state index >= 15 is 0 Å². The topological polar surface area (TPSA) is 114 Å². The Morgan fingerprint density at radius 1 is 1.10 bits per heavy atom. The number of amides is 3. The number of nitrogens with one attached hydrogen (secondary N) is 2. The van der Waals surface area contributed by atoms with Crippen LogP contribution in [0, 0.1) is 13.8 Å². The first kappa shape index (κ1) is 20.7. The number of thiazole rings is 1. The van der Waals surface area contributed by atoms with E-state index in [0.717, 1.165) is 16.0 Å². The summed E-state index contributed by atoms with van der Waals surface area (Å²) in [5, 5.41) is 7.71. The fourth-order valence-electron chi connectivity index (χ4n) is 2.70. The van der Waals surface area contributed by atoms with Gasteiger partial charge in [0.1, 0.15) is 10.7 Å². The second kappa shape index (κ2) is 8.97. The average molecular weight is 429 g/mol. The first-order valence-electron chi connectivity index (χ1n) is 8.85. The molecule has 9 heteroatoms. The number of carbonyl (C=O) groups is 3. The SMILES string of the molecule is Cc1sc(NC(=O)c2csc(NC(=O)CCc3ccccc3)n2)c(C(N)=O)c1C. The Morgan fingerprint density at radius 2 is 1.83 bits per heavy atom. The summed E-state index contributed by atoms with van der Waals surface area (Å²) in [6.07, 6.45) is 0.944. The molecule has 0 aliphatic carbocycles. The third-order valence-electron chi connectivity index (χ3n) is 4.33. The highest BCUT2D eigenvalue weighted by molar-refractivity contribution is 7.17. The van der Waals surface area contributed by atoms with Gasteiger partial charge in [-0.2, -0.15) is 0 Å². The Bertz CT molecular complexity index is 1060. The summed E-state index contributed by atoms with van der Waals surface area (Å²) in [7, 11) is 0. The summed E-state index contributed by atoms with van der Waals surface area (Å²) in [6.45, 7) is 3.64. The number of primary amides is 1. The number of anilines is 2. The molecule has 0 bridgehead atoms. The molecule has 0 radical (unpaired) electrons. The fraction of sp³-hybridized carbons (Fsp3) is 0.200. The molecule has 0 aliphatic rings. The molecular weight excluding hydrogens is 408 g/mol. The first-order chi connectivity index (χ1) is 13.8. The van der Waals surface area contributed by atoms with Gasteiger partial charge in [0, 0.05) is 16.7 Å². The normalized spacial score (nSPS) is 10.6. The van der Waals surface area contributed by atoms with Crippen LogP contribution in [0.15, 0.2) is 35.7 Å². The number of benzene rings is 1. The maximum absolute atomic E-state index is 12.5. The highest BCUT2D eigenvalue weighted by atomic mass is 32.1. The Balaban J connectivity index is 1.61. The zero-order valence-electron chi connectivity index (χ0n) is 15.9. The summed E-state index contributed by atoms with van der Waals surface area (Å²) < 4.78 is 0. The van der Waals surface area contributed by atoms with Crippen molar-refractivity contribution in [2.75, 3.05) is 10.6 Å². The Labute approximate surface area is 176 Å². The number of hydrogen-bond acceptors (Lipinski definition) is 6. The molecule has 0 aliphatic heterocycles. The number of thiophene rings is 1. The molecule has 1 aromatic carbocycles. The zero-order chi connectivity index (χ0) is 21.0. The van der Waals surface area contributed by atoms with Crippen LogP contribution in [0.2, 0.25) is 0 Å². The Kier molecular flexibility index (Phi) is 6.40. The fourth-order valence-corrected chi connectivity index (χ4v) is 4.47. The maximum Gasteiger partial charge on any atom is 0.275 e. The predicted molar refractivity (Wildman–Crippen MR) is 116 cm³/mol. The Hall–Kier alpha value is -3.04. The quantitative estimate of drug-likeness (QED) is 0.532. The summed E-state index contributed by atoms with van der Waals surface area (Å²) in [6, 6.07) is 9.72. The van der Waals surface area contributed by atoms with Crippen molar-refractivity contribution in [2.24, 2.45) is 5.73 Å². The van der Waals surface area contributed by atoms with Crippen molar-refractivity contribution in [3.63, 3.8) is 0 Å². The molecule has 3 rings (SSSR count). The lowest BCUT2D eigenvalue weighted by Gasteiger charge is -2.03. The molecule has 2 aromatic heterocycles. The van der Waals surface area contributed by atoms with Crippen molar-refractivity contribution < 1.29 is 14.4 Å². The number of carbonyl (C=O) groups excluding carboxylic acids is 3. The van der Waals surface area contributed by atoms with Crippen molar-refractivity contribution in [3.05, 3.63) is 63.0 Å². The number of nitrogens with two attached hydrogens (primary N) is 1. The minimum absolute atomic E-state index is 0.160. The third kappa shape index (κ3) is 5.07. The minimum atomic E-state index is -0.591. The molecule has 29 heavy (non-hydrogen) atoms. The van der Waals surface area contributed by atoms with E-state index in [1.54, 1.807) is 12.3 Å². The van der Waals surface area contributed by atoms with Gasteiger partial charge in [-0.05, 0) is 31.4 Å². The van der Waals surface area contributed by atoms with Gasteiger partial charge in [0.25, 0.3) is 11.8 Å². The van der Waals surface area contributed by atoms with Gasteiger partial charge >= 0.3 is 0 Å². The molecule has 7 nitrogen and oxygen atoms in total. The highest BCUT2D eigenvalue weighted by Crippen LogP contribution is 2.32. The first-order valence-corrected chi connectivity index (χ1v) is 10.5. The molecule has 0 atom stereocenters. The molecule has 0 saturated carbocycles. The molecule has 0 spiro atoms. The highest BCUT2D eigenvalue weighted by Gasteiger charge is 2.20. The van der Waals surface area contributed by atoms with Crippen molar-refractivity contribution in [3.8, 4) is 0 Å². The van der Waals surface area contributed by atoms with Crippen LogP contribution in [-0.4, -0.2) is 22.7 Å². The number of hydrogen-bond donors (Lipinski definition) is 3. The van der Waals surface area contributed by atoms with Gasteiger partial charge in [0.15, 0.2) is 5.13 Å². The maximum atomic E-state index is 12.5. The molecule has 0 fully saturated rings. The van der Waals surface area contributed by atoms with Crippen LogP contribution in [0.5, 0.6) is 0 Å². The average Bonchev–Trinajstić information content (AvgIpc) is 3.25. The largest absolute Gasteiger partial charge is 0.365 e. The lowest BCUT2D eigenvalue weighted by atomic mass is 10.1. The van der Waals surface area contributed by atoms with Crippen LogP contribution in [0.4, 0.5) is 10.1 Å². The van der Waals surface area contributed by atoms with Gasteiger partial charge in [-0.1, -0.05) is 30.3 Å². The number of aryl methyl sites for hydroxylation is 2. The molecule has 0 saturated heterocycles. The second-order valence-corrected chi connectivity index (χ2v) is 8.46. The van der Waals surface area contributed by atoms with Gasteiger partial charge in [-0.15, -0.1) is 22.7 Å². The van der Waals surface area contributed by atoms with E-state index in [9.17, 15) is 14.4 Å². The van der Waals surface area contributed by atoms with E-state index in [0.29, 0.717) is 28.5 Å². The van der Waals surface area contributed by atoms with Crippen LogP contribution >= 0.6 is 22.7 Å². The second-order valence-electron chi connectivity index (χ2n) is 6.38. The van der Waals surface area contributed by atoms with Gasteiger partial charge in [-0.25, -0.2) is 4.98 Å². The van der Waals surface area contributed by atoms with Crippen LogP contribution in [0.3, 0.4) is 0 Å². The monoisotopic (exact) mass is 428 g/mol. The van der Waals surface area contributed by atoms with E-state index in [-0.39, 0.29) is 11.6 Å². The van der Waals surface area contributed by atoms with E-state index in [4.69, 9.17) is 5.73 Å². The third-order valence-corrected chi connectivity index (χ3v) is 6.21. The van der Waals surface area contributed by atoms with E-state index in [1.807, 2.05) is 37.3 Å². The molecule has 0 unspecified atom stereocenters. The molecule has 3 aromatic rings. The van der Waals surface area contributed by atoms with E-state index in [2.05, 4.69) is 15.6 Å². The molecule has 150 valence electrons. The number of aromatic nitrogens is 1. The van der Waals surface area contributed by atoms with Gasteiger partial charge < -0.3 is 16.4 Å². The molecule has 4 N–H and O–H groups in total. The van der Waals surface area contributed by atoms with E-state index in [1.165, 1.54) is 22.7 Å². The molecule has 2 heterocycles. The smallest absolute Gasteiger partial charge is 0.275 e. The lowest BCUT2D eigenvalue weighted by Crippen LogP contribution is -2.18. The van der Waals surface area contributed by atoms with Gasteiger partial charge in [0.05, 0.1) is 5.56 Å². The van der Waals surface area contributed by atoms with Crippen LogP contribution in [0.25, 0.3) is 0 Å². The molecular formula is C20H20N4O3S2. The van der Waals surface area contributed by atoms with Gasteiger partial charge in [-0.3, -0.25) is 14.4 Å². The van der Waals surface area contributed by atoms with Crippen molar-refractivity contribution in [1.82, 2.24) is 4.98 Å². The zero-order valence-corrected chi connectivity index (χ0v) is 17.6. The number of nitrogens with zero attached hydrogens (tertiary/aromatic N) is 1. The van der Waals surface area contributed by atoms with Crippen LogP contribution in [0.1, 0.15) is 43.3 Å². The lowest BCUT2D eigenvalue weighted by molar-refractivity contribution is -0.116. The minimum Gasteiger partial charge on any atom is -0.365 e. The molecule has 3 amide bonds.